The number of pyridine rings is 1. The molecule has 0 aromatic carbocycles. The highest BCUT2D eigenvalue weighted by Crippen LogP contribution is 2.36. The van der Waals surface area contributed by atoms with E-state index in [-0.39, 0.29) is 0 Å². The summed E-state index contributed by atoms with van der Waals surface area (Å²) in [6.07, 6.45) is 4.48. The zero-order chi connectivity index (χ0) is 19.3. The van der Waals surface area contributed by atoms with Crippen molar-refractivity contribution >= 4 is 17.3 Å². The summed E-state index contributed by atoms with van der Waals surface area (Å²) in [6.45, 7) is 9.46. The van der Waals surface area contributed by atoms with Gasteiger partial charge in [-0.25, -0.2) is 9.97 Å². The Morgan fingerprint density at radius 3 is 2.48 bits per heavy atom. The lowest BCUT2D eigenvalue weighted by molar-refractivity contribution is 0.766. The molecule has 6 heteroatoms. The maximum Gasteiger partial charge on any atom is 0.165 e. The minimum absolute atomic E-state index is 0.635. The van der Waals surface area contributed by atoms with E-state index >= 15 is 0 Å². The van der Waals surface area contributed by atoms with Crippen LogP contribution >= 0.6 is 0 Å². The second-order valence-electron chi connectivity index (χ2n) is 7.72. The molecule has 0 unspecified atom stereocenters. The fourth-order valence-corrected chi connectivity index (χ4v) is 3.79. The van der Waals surface area contributed by atoms with E-state index in [0.717, 1.165) is 46.3 Å². The van der Waals surface area contributed by atoms with Crippen LogP contribution < -0.4 is 9.80 Å². The van der Waals surface area contributed by atoms with Gasteiger partial charge in [0, 0.05) is 50.2 Å². The average Bonchev–Trinajstić information content (AvgIpc) is 3.39. The van der Waals surface area contributed by atoms with Crippen molar-refractivity contribution in [3.8, 4) is 11.1 Å². The summed E-state index contributed by atoms with van der Waals surface area (Å²) in [5, 5.41) is 4.88. The minimum atomic E-state index is 0.635. The third-order valence-electron chi connectivity index (χ3n) is 5.32. The van der Waals surface area contributed by atoms with Crippen molar-refractivity contribution in [2.45, 2.75) is 46.6 Å². The minimum Gasteiger partial charge on any atom is -0.363 e. The monoisotopic (exact) mass is 364 g/mol. The molecular weight excluding hydrogens is 336 g/mol. The first kappa shape index (κ1) is 17.8. The van der Waals surface area contributed by atoms with Crippen LogP contribution in [0.2, 0.25) is 0 Å². The largest absolute Gasteiger partial charge is 0.363 e. The van der Waals surface area contributed by atoms with Crippen molar-refractivity contribution in [3.63, 3.8) is 0 Å². The van der Waals surface area contributed by atoms with Crippen LogP contribution in [0.3, 0.4) is 0 Å². The van der Waals surface area contributed by atoms with Gasteiger partial charge in [-0.15, -0.1) is 0 Å². The molecule has 0 N–H and O–H groups in total. The van der Waals surface area contributed by atoms with Gasteiger partial charge in [0.2, 0.25) is 0 Å². The van der Waals surface area contributed by atoms with Crippen LogP contribution in [0, 0.1) is 20.8 Å². The molecule has 142 valence electrons. The fourth-order valence-electron chi connectivity index (χ4n) is 3.79. The molecule has 1 aliphatic rings. The molecule has 0 aliphatic heterocycles. The first-order valence-corrected chi connectivity index (χ1v) is 9.68. The summed E-state index contributed by atoms with van der Waals surface area (Å²) >= 11 is 0. The van der Waals surface area contributed by atoms with Crippen LogP contribution in [0.25, 0.3) is 16.8 Å². The van der Waals surface area contributed by atoms with Gasteiger partial charge >= 0.3 is 0 Å². The van der Waals surface area contributed by atoms with Gasteiger partial charge in [0.05, 0.1) is 11.3 Å². The second-order valence-corrected chi connectivity index (χ2v) is 7.72. The second kappa shape index (κ2) is 6.51. The van der Waals surface area contributed by atoms with E-state index in [1.807, 2.05) is 29.7 Å². The number of hydrogen-bond acceptors (Lipinski definition) is 5. The normalized spacial score (nSPS) is 14.0. The number of aromatic nitrogens is 4. The Bertz CT molecular complexity index is 1000. The summed E-state index contributed by atoms with van der Waals surface area (Å²) in [6, 6.07) is 4.92. The quantitative estimate of drug-likeness (QED) is 0.690. The maximum atomic E-state index is 4.88. The van der Waals surface area contributed by atoms with Gasteiger partial charge < -0.3 is 9.80 Å². The highest BCUT2D eigenvalue weighted by atomic mass is 15.4. The van der Waals surface area contributed by atoms with Gasteiger partial charge in [0.15, 0.2) is 5.65 Å². The van der Waals surface area contributed by atoms with E-state index in [4.69, 9.17) is 10.1 Å². The van der Waals surface area contributed by atoms with Crippen LogP contribution in [0.15, 0.2) is 18.3 Å². The molecular formula is C21H28N6. The van der Waals surface area contributed by atoms with Crippen LogP contribution in [0.5, 0.6) is 0 Å². The lowest BCUT2D eigenvalue weighted by atomic mass is 10.0. The first-order valence-electron chi connectivity index (χ1n) is 9.68. The predicted molar refractivity (Wildman–Crippen MR) is 111 cm³/mol. The molecule has 1 aliphatic carbocycles. The van der Waals surface area contributed by atoms with E-state index < -0.39 is 0 Å². The Balaban J connectivity index is 1.92. The summed E-state index contributed by atoms with van der Waals surface area (Å²) in [5.41, 5.74) is 6.31. The van der Waals surface area contributed by atoms with Crippen molar-refractivity contribution in [2.24, 2.45) is 0 Å². The van der Waals surface area contributed by atoms with E-state index in [2.05, 4.69) is 49.7 Å². The molecule has 4 rings (SSSR count). The van der Waals surface area contributed by atoms with E-state index in [0.29, 0.717) is 6.04 Å². The number of rotatable bonds is 5. The molecule has 1 saturated carbocycles. The third-order valence-corrected chi connectivity index (χ3v) is 5.32. The Labute approximate surface area is 160 Å². The molecule has 1 fully saturated rings. The van der Waals surface area contributed by atoms with Gasteiger partial charge in [-0.1, -0.05) is 0 Å². The molecule has 0 bridgehead atoms. The summed E-state index contributed by atoms with van der Waals surface area (Å²) in [5.74, 6) is 2.11. The number of fused-ring (bicyclic) bond motifs is 1. The molecule has 27 heavy (non-hydrogen) atoms. The Kier molecular flexibility index (Phi) is 4.29. The molecule has 6 nitrogen and oxygen atoms in total. The van der Waals surface area contributed by atoms with Crippen LogP contribution in [-0.2, 0) is 0 Å². The maximum absolute atomic E-state index is 4.88. The predicted octanol–water partition coefficient (Wildman–Crippen LogP) is 3.77. The summed E-state index contributed by atoms with van der Waals surface area (Å²) in [4.78, 5) is 14.0. The van der Waals surface area contributed by atoms with Gasteiger partial charge in [0.25, 0.3) is 0 Å². The van der Waals surface area contributed by atoms with Crippen molar-refractivity contribution < 1.29 is 0 Å². The Hall–Kier alpha value is -2.63. The van der Waals surface area contributed by atoms with Gasteiger partial charge in [-0.3, -0.25) is 0 Å². The third kappa shape index (κ3) is 3.03. The average molecular weight is 364 g/mol. The van der Waals surface area contributed by atoms with Gasteiger partial charge in [0.1, 0.15) is 11.6 Å². The molecule has 0 saturated heterocycles. The van der Waals surface area contributed by atoms with E-state index in [1.54, 1.807) is 0 Å². The SMILES string of the molecule is CCN(c1cc(C)nc2c(-c3cnc(N(C)C)cc3C)c(C)nn12)C1CC1. The van der Waals surface area contributed by atoms with Gasteiger partial charge in [-0.2, -0.15) is 9.61 Å². The van der Waals surface area contributed by atoms with Crippen molar-refractivity contribution in [2.75, 3.05) is 30.4 Å². The lowest BCUT2D eigenvalue weighted by Gasteiger charge is -2.23. The smallest absolute Gasteiger partial charge is 0.165 e. The summed E-state index contributed by atoms with van der Waals surface area (Å²) in [7, 11) is 4.02. The van der Waals surface area contributed by atoms with Gasteiger partial charge in [-0.05, 0) is 52.2 Å². The fraction of sp³-hybridized carbons (Fsp3) is 0.476. The van der Waals surface area contributed by atoms with Crippen molar-refractivity contribution in [1.82, 2.24) is 19.6 Å². The standard InChI is InChI=1S/C21H28N6/c1-7-26(16-8-9-16)19-11-14(3)23-21-20(15(4)24-27(19)21)17-12-22-18(25(5)6)10-13(17)2/h10-12,16H,7-9H2,1-6H3. The zero-order valence-corrected chi connectivity index (χ0v) is 17.1. The highest BCUT2D eigenvalue weighted by Gasteiger charge is 2.30. The summed E-state index contributed by atoms with van der Waals surface area (Å²) < 4.78 is 2.03. The Morgan fingerprint density at radius 2 is 1.89 bits per heavy atom. The van der Waals surface area contributed by atoms with E-state index in [9.17, 15) is 0 Å². The number of anilines is 2. The van der Waals surface area contributed by atoms with E-state index in [1.165, 1.54) is 18.4 Å². The number of aryl methyl sites for hydroxylation is 3. The van der Waals surface area contributed by atoms with Crippen molar-refractivity contribution in [1.29, 1.82) is 0 Å². The molecule has 0 radical (unpaired) electrons. The van der Waals surface area contributed by atoms with Crippen LogP contribution in [0.1, 0.15) is 36.7 Å². The first-order chi connectivity index (χ1) is 12.9. The molecule has 0 atom stereocenters. The van der Waals surface area contributed by atoms with Crippen molar-refractivity contribution in [3.05, 3.63) is 35.3 Å². The topological polar surface area (TPSA) is 49.6 Å². The van der Waals surface area contributed by atoms with Crippen LogP contribution in [-0.4, -0.2) is 46.3 Å². The number of hydrogen-bond donors (Lipinski definition) is 0. The van der Waals surface area contributed by atoms with Crippen LogP contribution in [0.4, 0.5) is 11.6 Å². The Morgan fingerprint density at radius 1 is 1.15 bits per heavy atom. The molecule has 0 spiro atoms. The molecule has 3 aromatic rings. The lowest BCUT2D eigenvalue weighted by Crippen LogP contribution is -2.27. The number of nitrogens with zero attached hydrogens (tertiary/aromatic N) is 6. The zero-order valence-electron chi connectivity index (χ0n) is 17.1. The molecule has 3 heterocycles. The highest BCUT2D eigenvalue weighted by molar-refractivity contribution is 5.83. The molecule has 3 aromatic heterocycles. The molecule has 0 amide bonds.